The van der Waals surface area contributed by atoms with E-state index in [1.807, 2.05) is 6.92 Å². The summed E-state index contributed by atoms with van der Waals surface area (Å²) in [7, 11) is 0. The second kappa shape index (κ2) is 7.20. The predicted molar refractivity (Wildman–Crippen MR) is 100 cm³/mol. The average Bonchev–Trinajstić information content (AvgIpc) is 2.79. The summed E-state index contributed by atoms with van der Waals surface area (Å²) in [6.07, 6.45) is 0. The average molecular weight is 396 g/mol. The monoisotopic (exact) mass is 395 g/mol. The first kappa shape index (κ1) is 18.0. The highest BCUT2D eigenvalue weighted by Crippen LogP contribution is 2.39. The third kappa shape index (κ3) is 3.45. The van der Waals surface area contributed by atoms with Gasteiger partial charge in [0.2, 0.25) is 0 Å². The van der Waals surface area contributed by atoms with Crippen molar-refractivity contribution in [2.45, 2.75) is 6.92 Å². The Hall–Kier alpha value is -1.82. The van der Waals surface area contributed by atoms with Gasteiger partial charge in [-0.1, -0.05) is 42.3 Å². The minimum Gasteiger partial charge on any atom is -0.268 e. The molecule has 2 aromatic rings. The molecule has 25 heavy (non-hydrogen) atoms. The number of anilines is 1. The fraction of sp³-hybridized carbons (Fsp3) is 0.111. The Morgan fingerprint density at radius 3 is 2.16 bits per heavy atom. The quantitative estimate of drug-likeness (QED) is 0.670. The topological polar surface area (TPSA) is 37.4 Å². The first-order valence-electron chi connectivity index (χ1n) is 7.40. The molecule has 1 aliphatic rings. The Balaban J connectivity index is 2.11. The van der Waals surface area contributed by atoms with Crippen molar-refractivity contribution in [2.75, 3.05) is 10.7 Å². The number of rotatable bonds is 4. The van der Waals surface area contributed by atoms with Crippen LogP contribution in [0.3, 0.4) is 0 Å². The number of benzene rings is 2. The summed E-state index contributed by atoms with van der Waals surface area (Å²) in [5, 5.41) is 0.644. The van der Waals surface area contributed by atoms with E-state index in [2.05, 4.69) is 0 Å². The molecule has 0 atom stereocenters. The number of carbonyl (C=O) groups is 2. The second-order valence-electron chi connectivity index (χ2n) is 5.22. The lowest BCUT2D eigenvalue weighted by atomic mass is 10.1. The van der Waals surface area contributed by atoms with Crippen LogP contribution in [0.5, 0.6) is 0 Å². The molecule has 0 unspecified atom stereocenters. The van der Waals surface area contributed by atoms with Gasteiger partial charge in [-0.05, 0) is 41.6 Å². The van der Waals surface area contributed by atoms with Crippen LogP contribution in [0.1, 0.15) is 12.5 Å². The van der Waals surface area contributed by atoms with E-state index in [4.69, 9.17) is 23.2 Å². The number of thioether (sulfide) groups is 1. The van der Waals surface area contributed by atoms with Crippen LogP contribution < -0.4 is 4.90 Å². The van der Waals surface area contributed by atoms with E-state index in [0.717, 1.165) is 4.90 Å². The lowest BCUT2D eigenvalue weighted by molar-refractivity contribution is -0.119. The number of imide groups is 1. The lowest BCUT2D eigenvalue weighted by Gasteiger charge is -2.16. The summed E-state index contributed by atoms with van der Waals surface area (Å²) in [6, 6.07) is 10.0. The zero-order chi connectivity index (χ0) is 18.1. The minimum atomic E-state index is -0.481. The largest absolute Gasteiger partial charge is 0.272 e. The van der Waals surface area contributed by atoms with Crippen LogP contribution in [0.2, 0.25) is 10.0 Å². The van der Waals surface area contributed by atoms with Crippen LogP contribution in [0.25, 0.3) is 5.57 Å². The van der Waals surface area contributed by atoms with Gasteiger partial charge in [0.25, 0.3) is 11.8 Å². The Morgan fingerprint density at radius 2 is 1.60 bits per heavy atom. The fourth-order valence-corrected chi connectivity index (χ4v) is 3.93. The molecule has 0 aromatic heterocycles. The Kier molecular flexibility index (Phi) is 5.18. The van der Waals surface area contributed by atoms with Gasteiger partial charge in [0.05, 0.1) is 16.2 Å². The zero-order valence-corrected chi connectivity index (χ0v) is 15.4. The van der Waals surface area contributed by atoms with Gasteiger partial charge in [-0.15, -0.1) is 11.8 Å². The normalized spacial score (nSPS) is 14.6. The van der Waals surface area contributed by atoms with Crippen molar-refractivity contribution >= 4 is 58.0 Å². The van der Waals surface area contributed by atoms with Crippen LogP contribution in [0, 0.1) is 5.82 Å². The third-order valence-corrected chi connectivity index (χ3v) is 4.96. The molecule has 1 aliphatic heterocycles. The molecular weight excluding hydrogens is 384 g/mol. The first-order chi connectivity index (χ1) is 11.9. The highest BCUT2D eigenvalue weighted by molar-refractivity contribution is 8.04. The maximum absolute atomic E-state index is 13.2. The van der Waals surface area contributed by atoms with Gasteiger partial charge >= 0.3 is 0 Å². The molecular formula is C18H12Cl2FNO2S. The molecule has 3 nitrogen and oxygen atoms in total. The fourth-order valence-electron chi connectivity index (χ4n) is 2.56. The maximum Gasteiger partial charge on any atom is 0.272 e. The van der Waals surface area contributed by atoms with Gasteiger partial charge in [0.1, 0.15) is 5.82 Å². The summed E-state index contributed by atoms with van der Waals surface area (Å²) >= 11 is 13.3. The Morgan fingerprint density at radius 1 is 1.00 bits per heavy atom. The van der Waals surface area contributed by atoms with Crippen LogP contribution in [0.15, 0.2) is 47.4 Å². The summed E-state index contributed by atoms with van der Waals surface area (Å²) in [5.74, 6) is -0.715. The molecule has 0 saturated heterocycles. The van der Waals surface area contributed by atoms with E-state index < -0.39 is 17.6 Å². The van der Waals surface area contributed by atoms with Gasteiger partial charge in [-0.2, -0.15) is 0 Å². The predicted octanol–water partition coefficient (Wildman–Crippen LogP) is 5.17. The third-order valence-electron chi connectivity index (χ3n) is 3.57. The molecule has 0 fully saturated rings. The smallest absolute Gasteiger partial charge is 0.268 e. The molecule has 0 bridgehead atoms. The van der Waals surface area contributed by atoms with Crippen LogP contribution in [-0.2, 0) is 9.59 Å². The SMILES string of the molecule is CCSC1=C(c2ccc(F)cc2)C(=O)N(c2cc(Cl)cc(Cl)c2)C1=O. The van der Waals surface area contributed by atoms with Crippen LogP contribution in [-0.4, -0.2) is 17.6 Å². The van der Waals surface area contributed by atoms with Crippen molar-refractivity contribution in [1.82, 2.24) is 0 Å². The van der Waals surface area contributed by atoms with E-state index in [-0.39, 0.29) is 5.57 Å². The van der Waals surface area contributed by atoms with Gasteiger partial charge in [0, 0.05) is 10.0 Å². The van der Waals surface area contributed by atoms with Gasteiger partial charge in [-0.3, -0.25) is 9.59 Å². The van der Waals surface area contributed by atoms with Gasteiger partial charge in [0.15, 0.2) is 0 Å². The molecule has 7 heteroatoms. The maximum atomic E-state index is 13.2. The van der Waals surface area contributed by atoms with E-state index in [1.165, 1.54) is 54.2 Å². The number of nitrogens with zero attached hydrogens (tertiary/aromatic N) is 1. The first-order valence-corrected chi connectivity index (χ1v) is 9.14. The summed E-state index contributed by atoms with van der Waals surface area (Å²) in [6.45, 7) is 1.89. The van der Waals surface area contributed by atoms with Crippen LogP contribution in [0.4, 0.5) is 10.1 Å². The lowest BCUT2D eigenvalue weighted by Crippen LogP contribution is -2.31. The number of halogens is 3. The summed E-state index contributed by atoms with van der Waals surface area (Å²) in [5.41, 5.74) is 1.05. The number of amides is 2. The van der Waals surface area contributed by atoms with E-state index in [9.17, 15) is 14.0 Å². The molecule has 0 radical (unpaired) electrons. The molecule has 2 amide bonds. The number of carbonyl (C=O) groups excluding carboxylic acids is 2. The van der Waals surface area contributed by atoms with Crippen molar-refractivity contribution in [3.63, 3.8) is 0 Å². The standard InChI is InChI=1S/C18H12Cl2FNO2S/c1-2-25-16-15(10-3-5-13(21)6-4-10)17(23)22(18(16)24)14-8-11(19)7-12(20)9-14/h3-9H,2H2,1H3. The Labute approximate surface area is 158 Å². The molecule has 3 rings (SSSR count). The van der Waals surface area contributed by atoms with Crippen molar-refractivity contribution in [3.05, 3.63) is 68.8 Å². The van der Waals surface area contributed by atoms with Gasteiger partial charge < -0.3 is 0 Å². The summed E-state index contributed by atoms with van der Waals surface area (Å²) in [4.78, 5) is 27.2. The second-order valence-corrected chi connectivity index (χ2v) is 7.36. The number of hydrogen-bond donors (Lipinski definition) is 0. The van der Waals surface area contributed by atoms with Crippen molar-refractivity contribution < 1.29 is 14.0 Å². The van der Waals surface area contributed by atoms with E-state index in [1.54, 1.807) is 0 Å². The van der Waals surface area contributed by atoms with Gasteiger partial charge in [-0.25, -0.2) is 9.29 Å². The Bertz CT molecular complexity index is 876. The number of hydrogen-bond acceptors (Lipinski definition) is 3. The minimum absolute atomic E-state index is 0.257. The molecule has 0 N–H and O–H groups in total. The zero-order valence-electron chi connectivity index (χ0n) is 13.1. The summed E-state index contributed by atoms with van der Waals surface area (Å²) < 4.78 is 13.2. The molecule has 128 valence electrons. The molecule has 2 aromatic carbocycles. The van der Waals surface area contributed by atoms with Crippen molar-refractivity contribution in [1.29, 1.82) is 0 Å². The highest BCUT2D eigenvalue weighted by Gasteiger charge is 2.40. The van der Waals surface area contributed by atoms with Crippen molar-refractivity contribution in [3.8, 4) is 0 Å². The van der Waals surface area contributed by atoms with E-state index >= 15 is 0 Å². The van der Waals surface area contributed by atoms with Crippen LogP contribution >= 0.6 is 35.0 Å². The molecule has 0 spiro atoms. The molecule has 0 saturated carbocycles. The van der Waals surface area contributed by atoms with E-state index in [0.29, 0.717) is 32.0 Å². The molecule has 1 heterocycles. The highest BCUT2D eigenvalue weighted by atomic mass is 35.5. The van der Waals surface area contributed by atoms with Crippen molar-refractivity contribution in [2.24, 2.45) is 0 Å². The molecule has 0 aliphatic carbocycles.